The molecule has 0 radical (unpaired) electrons. The highest BCUT2D eigenvalue weighted by Crippen LogP contribution is 2.41. The number of rotatable bonds is 8. The van der Waals surface area contributed by atoms with Crippen molar-refractivity contribution in [2.75, 3.05) is 6.61 Å². The smallest absolute Gasteiger partial charge is 0.338 e. The van der Waals surface area contributed by atoms with Gasteiger partial charge in [0.25, 0.3) is 11.8 Å². The van der Waals surface area contributed by atoms with Crippen LogP contribution in [0.3, 0.4) is 0 Å². The van der Waals surface area contributed by atoms with Gasteiger partial charge < -0.3 is 29.2 Å². The maximum Gasteiger partial charge on any atom is 0.338 e. The molecule has 2 unspecified atom stereocenters. The summed E-state index contributed by atoms with van der Waals surface area (Å²) in [7, 11) is 0. The van der Waals surface area contributed by atoms with Crippen molar-refractivity contribution in [1.82, 2.24) is 10.2 Å². The lowest BCUT2D eigenvalue weighted by atomic mass is 10.1. The van der Waals surface area contributed by atoms with Crippen molar-refractivity contribution in [2.24, 2.45) is 9.98 Å². The molecule has 0 aliphatic carbocycles. The fourth-order valence-electron chi connectivity index (χ4n) is 4.99. The number of nitrogens with one attached hydrogen (secondary N) is 1. The largest absolute Gasteiger partial charge is 0.456 e. The minimum Gasteiger partial charge on any atom is -0.456 e. The van der Waals surface area contributed by atoms with Crippen LogP contribution < -0.4 is 5.32 Å². The molecule has 3 aromatic carbocycles. The van der Waals surface area contributed by atoms with Crippen molar-refractivity contribution in [3.8, 4) is 0 Å². The van der Waals surface area contributed by atoms with Crippen LogP contribution in [-0.4, -0.2) is 84.5 Å². The highest BCUT2D eigenvalue weighted by Gasteiger charge is 2.64. The maximum atomic E-state index is 17.1. The van der Waals surface area contributed by atoms with Gasteiger partial charge in [-0.2, -0.15) is 0 Å². The van der Waals surface area contributed by atoms with Crippen LogP contribution in [0.1, 0.15) is 31.1 Å². The third-order valence-electron chi connectivity index (χ3n) is 7.17. The number of halogens is 1. The van der Waals surface area contributed by atoms with Crippen molar-refractivity contribution in [3.63, 3.8) is 0 Å². The summed E-state index contributed by atoms with van der Waals surface area (Å²) in [6.07, 6.45) is -3.68. The molecule has 224 valence electrons. The number of esters is 3. The highest BCUT2D eigenvalue weighted by molar-refractivity contribution is 5.96. The lowest BCUT2D eigenvalue weighted by Crippen LogP contribution is -2.54. The molecule has 3 aromatic rings. The zero-order valence-electron chi connectivity index (χ0n) is 22.9. The first-order valence-electron chi connectivity index (χ1n) is 13.6. The summed E-state index contributed by atoms with van der Waals surface area (Å²) in [5.41, 5.74) is 0.367. The Labute approximate surface area is 250 Å². The average molecular weight is 601 g/mol. The van der Waals surface area contributed by atoms with E-state index in [-0.39, 0.29) is 16.7 Å². The van der Waals surface area contributed by atoms with E-state index in [1.54, 1.807) is 54.6 Å². The third kappa shape index (κ3) is 5.64. The molecule has 0 aromatic heterocycles. The number of carbonyl (C=O) groups is 4. The maximum absolute atomic E-state index is 17.1. The van der Waals surface area contributed by atoms with Gasteiger partial charge in [-0.25, -0.2) is 23.8 Å². The summed E-state index contributed by atoms with van der Waals surface area (Å²) >= 11 is 0. The molecule has 3 aliphatic rings. The Morgan fingerprint density at radius 2 is 1.36 bits per heavy atom. The molecule has 3 aliphatic heterocycles. The van der Waals surface area contributed by atoms with E-state index in [1.807, 2.05) is 0 Å². The fourth-order valence-corrected chi connectivity index (χ4v) is 4.99. The Morgan fingerprint density at radius 3 is 1.95 bits per heavy atom. The number of fused-ring (bicyclic) bond motifs is 1. The number of carbonyl (C=O) groups excluding carboxylic acids is 4. The number of aliphatic imine (C=N–C) groups is 2. The van der Waals surface area contributed by atoms with Gasteiger partial charge in [0.2, 0.25) is 6.10 Å². The Kier molecular flexibility index (Phi) is 7.85. The van der Waals surface area contributed by atoms with Crippen LogP contribution >= 0.6 is 0 Å². The van der Waals surface area contributed by atoms with E-state index in [4.69, 9.17) is 18.9 Å². The number of benzene rings is 3. The number of ether oxygens (including phenoxy) is 4. The summed E-state index contributed by atoms with van der Waals surface area (Å²) in [4.78, 5) is 61.4. The van der Waals surface area contributed by atoms with Gasteiger partial charge in [-0.05, 0) is 36.4 Å². The van der Waals surface area contributed by atoms with Crippen LogP contribution in [0.4, 0.5) is 4.39 Å². The molecular formula is C31H25FN4O8. The Hall–Kier alpha value is -5.43. The molecule has 12 nitrogen and oxygen atoms in total. The molecule has 3 heterocycles. The first-order valence-corrected chi connectivity index (χ1v) is 13.6. The van der Waals surface area contributed by atoms with E-state index in [2.05, 4.69) is 15.3 Å². The van der Waals surface area contributed by atoms with Gasteiger partial charge in [0.1, 0.15) is 0 Å². The summed E-state index contributed by atoms with van der Waals surface area (Å²) < 4.78 is 39.6. The Morgan fingerprint density at radius 1 is 0.818 bits per heavy atom. The summed E-state index contributed by atoms with van der Waals surface area (Å²) in [5, 5.41) is 2.45. The standard InChI is InChI=1S/C31H25FN4O8/c32-31(16-41-28(38)19-10-4-1-5-11-19)24(43-30(40)21-14-8-3-9-15-21)23(42-29(39)20-12-6-2-7-13-20)27(44-31)36-18-35-22-25(36)33-17-34-26(22)37/h1-15,17-18,22-25,27H,16H2,(H,33,34,37)/t22?,23-,24+,25?,27-,31-/m1/s1. The van der Waals surface area contributed by atoms with Crippen molar-refractivity contribution >= 4 is 36.5 Å². The van der Waals surface area contributed by atoms with E-state index in [9.17, 15) is 19.2 Å². The number of nitrogens with zero attached hydrogens (tertiary/aromatic N) is 3. The van der Waals surface area contributed by atoms with E-state index >= 15 is 4.39 Å². The quantitative estimate of drug-likeness (QED) is 0.305. The van der Waals surface area contributed by atoms with Gasteiger partial charge in [-0.3, -0.25) is 9.79 Å². The summed E-state index contributed by atoms with van der Waals surface area (Å²) in [5.74, 6) is -6.16. The molecule has 13 heteroatoms. The molecule has 44 heavy (non-hydrogen) atoms. The van der Waals surface area contributed by atoms with Crippen molar-refractivity contribution in [1.29, 1.82) is 0 Å². The molecule has 1 amide bonds. The summed E-state index contributed by atoms with van der Waals surface area (Å²) in [6, 6.07) is 22.6. The lowest BCUT2D eigenvalue weighted by Gasteiger charge is -2.33. The molecule has 6 atom stereocenters. The van der Waals surface area contributed by atoms with Crippen molar-refractivity contribution in [2.45, 2.75) is 36.5 Å². The second kappa shape index (κ2) is 12.1. The van der Waals surface area contributed by atoms with Crippen LogP contribution in [-0.2, 0) is 23.7 Å². The molecule has 0 spiro atoms. The molecule has 1 N–H and O–H groups in total. The predicted octanol–water partition coefficient (Wildman–Crippen LogP) is 2.51. The number of alkyl halides is 1. The van der Waals surface area contributed by atoms with Crippen LogP contribution in [0, 0.1) is 0 Å². The van der Waals surface area contributed by atoms with Crippen molar-refractivity contribution < 1.29 is 42.5 Å². The van der Waals surface area contributed by atoms with Crippen LogP contribution in [0.5, 0.6) is 0 Å². The van der Waals surface area contributed by atoms with Crippen LogP contribution in [0.25, 0.3) is 0 Å². The van der Waals surface area contributed by atoms with Gasteiger partial charge in [-0.1, -0.05) is 54.6 Å². The Balaban J connectivity index is 1.36. The zero-order valence-corrected chi connectivity index (χ0v) is 22.9. The van der Waals surface area contributed by atoms with Gasteiger partial charge in [0.05, 0.1) is 29.4 Å². The SMILES string of the molecule is O=C(OC[C@@]1(F)O[C@@H](N2C=NC3C(=O)NC=NC32)[C@H](OC(=O)c2ccccc2)[C@@H]1OC(=O)c1ccccc1)c1ccccc1. The van der Waals surface area contributed by atoms with Gasteiger partial charge in [0, 0.05) is 0 Å². The first kappa shape index (κ1) is 28.7. The minimum absolute atomic E-state index is 0.0871. The van der Waals surface area contributed by atoms with Gasteiger partial charge in [-0.15, -0.1) is 0 Å². The molecule has 0 bridgehead atoms. The van der Waals surface area contributed by atoms with Gasteiger partial charge >= 0.3 is 17.9 Å². The molecule has 1 fully saturated rings. The lowest BCUT2D eigenvalue weighted by molar-refractivity contribution is -0.212. The average Bonchev–Trinajstić information content (AvgIpc) is 3.61. The van der Waals surface area contributed by atoms with E-state index < -0.39 is 66.9 Å². The number of hydrogen-bond acceptors (Lipinski definition) is 11. The van der Waals surface area contributed by atoms with Crippen LogP contribution in [0.2, 0.25) is 0 Å². The molecule has 1 saturated heterocycles. The Bertz CT molecular complexity index is 1610. The van der Waals surface area contributed by atoms with E-state index in [0.29, 0.717) is 0 Å². The normalized spacial score (nSPS) is 26.9. The monoisotopic (exact) mass is 600 g/mol. The second-order valence-corrected chi connectivity index (χ2v) is 10.0. The highest BCUT2D eigenvalue weighted by atomic mass is 19.2. The zero-order chi connectivity index (χ0) is 30.7. The number of hydrogen-bond donors (Lipinski definition) is 1. The molecular weight excluding hydrogens is 575 g/mol. The number of amides is 1. The first-order chi connectivity index (χ1) is 21.3. The molecule has 6 rings (SSSR count). The van der Waals surface area contributed by atoms with E-state index in [1.165, 1.54) is 54.0 Å². The second-order valence-electron chi connectivity index (χ2n) is 10.0. The molecule has 0 saturated carbocycles. The van der Waals surface area contributed by atoms with E-state index in [0.717, 1.165) is 0 Å². The third-order valence-corrected chi connectivity index (χ3v) is 7.17. The minimum atomic E-state index is -3.02. The predicted molar refractivity (Wildman–Crippen MR) is 151 cm³/mol. The van der Waals surface area contributed by atoms with Gasteiger partial charge in [0.15, 0.2) is 31.1 Å². The fraction of sp³-hybridized carbons (Fsp3) is 0.226. The van der Waals surface area contributed by atoms with Crippen molar-refractivity contribution in [3.05, 3.63) is 108 Å². The van der Waals surface area contributed by atoms with Crippen LogP contribution in [0.15, 0.2) is 101 Å². The topological polar surface area (TPSA) is 145 Å². The summed E-state index contributed by atoms with van der Waals surface area (Å²) in [6.45, 7) is -1.04.